The van der Waals surface area contributed by atoms with Crippen LogP contribution in [0.2, 0.25) is 5.02 Å². The average molecular weight is 348 g/mol. The smallest absolute Gasteiger partial charge is 0.315 e. The van der Waals surface area contributed by atoms with Crippen molar-refractivity contribution in [3.63, 3.8) is 0 Å². The molecule has 1 aromatic heterocycles. The van der Waals surface area contributed by atoms with Crippen molar-refractivity contribution >= 4 is 17.5 Å². The van der Waals surface area contributed by atoms with E-state index in [1.54, 1.807) is 29.2 Å². The molecule has 0 unspecified atom stereocenters. The largest absolute Gasteiger partial charge is 0.369 e. The number of hydrogen-bond acceptors (Lipinski definition) is 4. The molecule has 24 heavy (non-hydrogen) atoms. The summed E-state index contributed by atoms with van der Waals surface area (Å²) in [6.07, 6.45) is 5.01. The number of carbonyl (C=O) groups is 1. The maximum atomic E-state index is 12.5. The fourth-order valence-electron chi connectivity index (χ4n) is 2.80. The molecule has 7 nitrogen and oxygen atoms in total. The van der Waals surface area contributed by atoms with Gasteiger partial charge in [0.05, 0.1) is 10.7 Å². The van der Waals surface area contributed by atoms with Gasteiger partial charge in [0.25, 0.3) is 0 Å². The molecule has 0 radical (unpaired) electrons. The molecule has 1 heterocycles. The number of para-hydroxylation sites is 1. The lowest BCUT2D eigenvalue weighted by molar-refractivity contribution is -0.130. The number of nitrogens with zero attached hydrogens (tertiary/aromatic N) is 5. The van der Waals surface area contributed by atoms with Crippen molar-refractivity contribution in [1.29, 1.82) is 0 Å². The van der Waals surface area contributed by atoms with E-state index in [4.69, 9.17) is 11.6 Å². The van der Waals surface area contributed by atoms with Crippen LogP contribution in [-0.4, -0.2) is 37.1 Å². The van der Waals surface area contributed by atoms with E-state index in [1.807, 2.05) is 6.92 Å². The molecule has 126 valence electrons. The Morgan fingerprint density at radius 1 is 1.33 bits per heavy atom. The highest BCUT2D eigenvalue weighted by molar-refractivity contribution is 6.32. The molecule has 0 saturated heterocycles. The van der Waals surface area contributed by atoms with Crippen molar-refractivity contribution in [3.8, 4) is 5.69 Å². The van der Waals surface area contributed by atoms with Crippen LogP contribution < -0.4 is 5.69 Å². The first-order valence-corrected chi connectivity index (χ1v) is 8.26. The molecule has 8 heteroatoms. The number of carbonyl (C=O) groups excluding carboxylic acids is 1. The number of amides is 1. The fraction of sp³-hybridized carbons (Fsp3) is 0.375. The SMILES string of the molecule is CCN(C(=O)Cn1nnn(-c2ccccc2Cl)c1=O)C1=CCCC1. The van der Waals surface area contributed by atoms with E-state index in [-0.39, 0.29) is 12.5 Å². The second-order valence-corrected chi connectivity index (χ2v) is 5.92. The Morgan fingerprint density at radius 2 is 2.12 bits per heavy atom. The molecule has 1 aliphatic rings. The maximum Gasteiger partial charge on any atom is 0.369 e. The molecule has 2 aromatic rings. The van der Waals surface area contributed by atoms with Crippen LogP contribution in [0.5, 0.6) is 0 Å². The first-order valence-electron chi connectivity index (χ1n) is 7.89. The van der Waals surface area contributed by atoms with Crippen molar-refractivity contribution in [2.24, 2.45) is 0 Å². The summed E-state index contributed by atoms with van der Waals surface area (Å²) < 4.78 is 2.16. The molecule has 0 N–H and O–H groups in total. The third kappa shape index (κ3) is 3.12. The van der Waals surface area contributed by atoms with Gasteiger partial charge in [0.15, 0.2) is 0 Å². The average Bonchev–Trinajstić information content (AvgIpc) is 3.21. The summed E-state index contributed by atoms with van der Waals surface area (Å²) >= 11 is 6.09. The minimum Gasteiger partial charge on any atom is -0.315 e. The molecule has 1 amide bonds. The summed E-state index contributed by atoms with van der Waals surface area (Å²) in [4.78, 5) is 26.7. The fourth-order valence-corrected chi connectivity index (χ4v) is 3.02. The number of hydrogen-bond donors (Lipinski definition) is 0. The van der Waals surface area contributed by atoms with E-state index in [1.165, 1.54) is 0 Å². The molecule has 1 aliphatic carbocycles. The molecule has 3 rings (SSSR count). The van der Waals surface area contributed by atoms with Gasteiger partial charge in [-0.05, 0) is 48.7 Å². The standard InChI is InChI=1S/C16H18ClN5O2/c1-2-20(12-7-3-4-8-12)15(23)11-21-16(24)22(19-18-21)14-10-6-5-9-13(14)17/h5-7,9-10H,2-4,8,11H2,1H3. The molecule has 0 saturated carbocycles. The summed E-state index contributed by atoms with van der Waals surface area (Å²) in [7, 11) is 0. The minimum absolute atomic E-state index is 0.144. The number of benzene rings is 1. The van der Waals surface area contributed by atoms with Gasteiger partial charge < -0.3 is 4.90 Å². The van der Waals surface area contributed by atoms with E-state index in [0.29, 0.717) is 17.3 Å². The van der Waals surface area contributed by atoms with E-state index in [9.17, 15) is 9.59 Å². The second-order valence-electron chi connectivity index (χ2n) is 5.51. The van der Waals surface area contributed by atoms with Gasteiger partial charge in [-0.15, -0.1) is 0 Å². The van der Waals surface area contributed by atoms with Gasteiger partial charge in [0.2, 0.25) is 5.91 Å². The topological polar surface area (TPSA) is 73.0 Å². The third-order valence-corrected chi connectivity index (χ3v) is 4.31. The maximum absolute atomic E-state index is 12.5. The molecule has 1 aromatic carbocycles. The Bertz CT molecular complexity index is 839. The summed E-state index contributed by atoms with van der Waals surface area (Å²) in [5.74, 6) is -0.168. The Labute approximate surface area is 144 Å². The zero-order valence-corrected chi connectivity index (χ0v) is 14.1. The molecular formula is C16H18ClN5O2. The van der Waals surface area contributed by atoms with Crippen molar-refractivity contribution in [2.75, 3.05) is 6.54 Å². The number of likely N-dealkylation sites (N-methyl/N-ethyl adjacent to an activating group) is 1. The van der Waals surface area contributed by atoms with E-state index < -0.39 is 5.69 Å². The third-order valence-electron chi connectivity index (χ3n) is 3.99. The van der Waals surface area contributed by atoms with E-state index >= 15 is 0 Å². The van der Waals surface area contributed by atoms with Crippen LogP contribution in [0.25, 0.3) is 5.69 Å². The summed E-state index contributed by atoms with van der Waals surface area (Å²) in [5, 5.41) is 8.03. The number of allylic oxidation sites excluding steroid dienone is 2. The lowest BCUT2D eigenvalue weighted by atomic mass is 10.3. The first-order chi connectivity index (χ1) is 11.6. The highest BCUT2D eigenvalue weighted by atomic mass is 35.5. The van der Waals surface area contributed by atoms with Crippen LogP contribution in [0.3, 0.4) is 0 Å². The van der Waals surface area contributed by atoms with Gasteiger partial charge >= 0.3 is 5.69 Å². The zero-order valence-electron chi connectivity index (χ0n) is 13.4. The normalized spacial score (nSPS) is 13.8. The first kappa shape index (κ1) is 16.4. The second kappa shape index (κ2) is 7.00. The van der Waals surface area contributed by atoms with Crippen molar-refractivity contribution < 1.29 is 4.79 Å². The minimum atomic E-state index is -0.493. The summed E-state index contributed by atoms with van der Waals surface area (Å²) in [5.41, 5.74) is 0.968. The predicted molar refractivity (Wildman–Crippen MR) is 90.0 cm³/mol. The molecule has 0 spiro atoms. The van der Waals surface area contributed by atoms with Gasteiger partial charge in [0, 0.05) is 12.2 Å². The van der Waals surface area contributed by atoms with E-state index in [2.05, 4.69) is 16.5 Å². The van der Waals surface area contributed by atoms with Crippen molar-refractivity contribution in [1.82, 2.24) is 24.7 Å². The van der Waals surface area contributed by atoms with Crippen LogP contribution in [-0.2, 0) is 11.3 Å². The monoisotopic (exact) mass is 347 g/mol. The quantitative estimate of drug-likeness (QED) is 0.829. The number of halogens is 1. The lowest BCUT2D eigenvalue weighted by Gasteiger charge is -2.21. The highest BCUT2D eigenvalue weighted by Crippen LogP contribution is 2.21. The van der Waals surface area contributed by atoms with Crippen LogP contribution in [0, 0.1) is 0 Å². The van der Waals surface area contributed by atoms with Crippen LogP contribution in [0.4, 0.5) is 0 Å². The van der Waals surface area contributed by atoms with Crippen molar-refractivity contribution in [3.05, 3.63) is 51.5 Å². The Kier molecular flexibility index (Phi) is 4.80. The van der Waals surface area contributed by atoms with Crippen molar-refractivity contribution in [2.45, 2.75) is 32.7 Å². The number of tetrazole rings is 1. The van der Waals surface area contributed by atoms with Gasteiger partial charge in [0.1, 0.15) is 6.54 Å². The van der Waals surface area contributed by atoms with E-state index in [0.717, 1.165) is 34.3 Å². The van der Waals surface area contributed by atoms with Gasteiger partial charge in [-0.2, -0.15) is 9.36 Å². The lowest BCUT2D eigenvalue weighted by Crippen LogP contribution is -2.36. The number of rotatable bonds is 5. The summed E-state index contributed by atoms with van der Waals surface area (Å²) in [6, 6.07) is 6.85. The van der Waals surface area contributed by atoms with Gasteiger partial charge in [-0.25, -0.2) is 4.79 Å². The molecule has 0 bridgehead atoms. The van der Waals surface area contributed by atoms with Gasteiger partial charge in [-0.1, -0.05) is 29.8 Å². The summed E-state index contributed by atoms with van der Waals surface area (Å²) in [6.45, 7) is 2.34. The number of aromatic nitrogens is 4. The molecule has 0 fully saturated rings. The van der Waals surface area contributed by atoms with Crippen LogP contribution in [0.1, 0.15) is 26.2 Å². The van der Waals surface area contributed by atoms with Crippen LogP contribution >= 0.6 is 11.6 Å². The van der Waals surface area contributed by atoms with Crippen LogP contribution in [0.15, 0.2) is 40.8 Å². The zero-order chi connectivity index (χ0) is 17.1. The highest BCUT2D eigenvalue weighted by Gasteiger charge is 2.21. The Morgan fingerprint density at radius 3 is 2.79 bits per heavy atom. The van der Waals surface area contributed by atoms with Gasteiger partial charge in [-0.3, -0.25) is 4.79 Å². The molecule has 0 aliphatic heterocycles. The molecular weight excluding hydrogens is 330 g/mol. The Hall–Kier alpha value is -2.41. The Balaban J connectivity index is 1.83. The molecule has 0 atom stereocenters. The predicted octanol–water partition coefficient (Wildman–Crippen LogP) is 2.00.